The van der Waals surface area contributed by atoms with Crippen molar-refractivity contribution in [3.63, 3.8) is 0 Å². The number of fused-ring (bicyclic) bond motifs is 1. The standard InChI is InChI=1S/C11H11N/c1-9-7-10-5-3-2-4-6-11(10)12-8-9/h3-8H,2H2,1H3. The van der Waals surface area contributed by atoms with Crippen LogP contribution in [0.15, 0.2) is 24.4 Å². The van der Waals surface area contributed by atoms with E-state index in [-0.39, 0.29) is 0 Å². The Morgan fingerprint density at radius 3 is 3.00 bits per heavy atom. The van der Waals surface area contributed by atoms with Gasteiger partial charge < -0.3 is 0 Å². The highest BCUT2D eigenvalue weighted by Crippen LogP contribution is 2.15. The maximum atomic E-state index is 4.34. The zero-order chi connectivity index (χ0) is 8.39. The van der Waals surface area contributed by atoms with Crippen LogP contribution in [-0.2, 0) is 0 Å². The third-order valence-corrected chi connectivity index (χ3v) is 1.93. The molecule has 1 heterocycles. The fourth-order valence-electron chi connectivity index (χ4n) is 1.33. The van der Waals surface area contributed by atoms with Crippen molar-refractivity contribution in [2.24, 2.45) is 0 Å². The number of rotatable bonds is 0. The van der Waals surface area contributed by atoms with E-state index in [2.05, 4.69) is 42.3 Å². The first-order chi connectivity index (χ1) is 5.86. The maximum absolute atomic E-state index is 4.34. The minimum absolute atomic E-state index is 1.01. The topological polar surface area (TPSA) is 12.9 Å². The average molecular weight is 157 g/mol. The molecule has 0 aliphatic heterocycles. The number of hydrogen-bond donors (Lipinski definition) is 0. The molecule has 0 N–H and O–H groups in total. The van der Waals surface area contributed by atoms with Crippen molar-refractivity contribution in [2.45, 2.75) is 13.3 Å². The molecule has 60 valence electrons. The van der Waals surface area contributed by atoms with Gasteiger partial charge in [0.25, 0.3) is 0 Å². The Morgan fingerprint density at radius 1 is 1.25 bits per heavy atom. The van der Waals surface area contributed by atoms with Crippen molar-refractivity contribution in [3.05, 3.63) is 41.2 Å². The van der Waals surface area contributed by atoms with Crippen LogP contribution in [-0.4, -0.2) is 4.98 Å². The van der Waals surface area contributed by atoms with Gasteiger partial charge in [0.1, 0.15) is 0 Å². The molecule has 12 heavy (non-hydrogen) atoms. The second kappa shape index (κ2) is 2.94. The van der Waals surface area contributed by atoms with Crippen LogP contribution in [0.1, 0.15) is 23.2 Å². The molecular formula is C11H11N. The SMILES string of the molecule is Cc1cnc2c(c1)C=CCC=C2. The predicted molar refractivity (Wildman–Crippen MR) is 51.7 cm³/mol. The Hall–Kier alpha value is -1.37. The number of hydrogen-bond acceptors (Lipinski definition) is 1. The summed E-state index contributed by atoms with van der Waals surface area (Å²) in [5.74, 6) is 0. The van der Waals surface area contributed by atoms with Crippen LogP contribution < -0.4 is 0 Å². The van der Waals surface area contributed by atoms with Gasteiger partial charge in [-0.2, -0.15) is 0 Å². The third-order valence-electron chi connectivity index (χ3n) is 1.93. The molecule has 2 rings (SSSR count). The van der Waals surface area contributed by atoms with Crippen LogP contribution in [0.2, 0.25) is 0 Å². The highest BCUT2D eigenvalue weighted by atomic mass is 14.7. The van der Waals surface area contributed by atoms with E-state index in [1.165, 1.54) is 11.1 Å². The van der Waals surface area contributed by atoms with Crippen molar-refractivity contribution in [3.8, 4) is 0 Å². The van der Waals surface area contributed by atoms with E-state index in [9.17, 15) is 0 Å². The quantitative estimate of drug-likeness (QED) is 0.564. The second-order valence-electron chi connectivity index (χ2n) is 3.03. The smallest absolute Gasteiger partial charge is 0.0698 e. The van der Waals surface area contributed by atoms with Gasteiger partial charge in [0.15, 0.2) is 0 Å². The van der Waals surface area contributed by atoms with Crippen LogP contribution in [0.5, 0.6) is 0 Å². The first kappa shape index (κ1) is 7.29. The molecule has 1 aromatic rings. The minimum Gasteiger partial charge on any atom is -0.256 e. The number of aromatic nitrogens is 1. The highest BCUT2D eigenvalue weighted by molar-refractivity contribution is 5.64. The minimum atomic E-state index is 1.01. The summed E-state index contributed by atoms with van der Waals surface area (Å²) in [6, 6.07) is 2.16. The monoisotopic (exact) mass is 157 g/mol. The first-order valence-electron chi connectivity index (χ1n) is 4.16. The van der Waals surface area contributed by atoms with E-state index in [0.717, 1.165) is 12.1 Å². The van der Waals surface area contributed by atoms with E-state index in [1.807, 2.05) is 6.20 Å². The van der Waals surface area contributed by atoms with Gasteiger partial charge >= 0.3 is 0 Å². The summed E-state index contributed by atoms with van der Waals surface area (Å²) >= 11 is 0. The van der Waals surface area contributed by atoms with Crippen molar-refractivity contribution in [2.75, 3.05) is 0 Å². The number of pyridine rings is 1. The molecule has 0 fully saturated rings. The lowest BCUT2D eigenvalue weighted by Crippen LogP contribution is -1.86. The van der Waals surface area contributed by atoms with Crippen molar-refractivity contribution in [1.29, 1.82) is 0 Å². The average Bonchev–Trinajstić information content (AvgIpc) is 2.28. The Balaban J connectivity index is 2.58. The van der Waals surface area contributed by atoms with E-state index in [0.29, 0.717) is 0 Å². The maximum Gasteiger partial charge on any atom is 0.0698 e. The van der Waals surface area contributed by atoms with Crippen molar-refractivity contribution in [1.82, 2.24) is 4.98 Å². The van der Waals surface area contributed by atoms with Crippen LogP contribution >= 0.6 is 0 Å². The van der Waals surface area contributed by atoms with Crippen LogP contribution in [0.3, 0.4) is 0 Å². The normalized spacial score (nSPS) is 14.1. The lowest BCUT2D eigenvalue weighted by atomic mass is 10.1. The molecule has 0 amide bonds. The third kappa shape index (κ3) is 1.30. The summed E-state index contributed by atoms with van der Waals surface area (Å²) in [6.07, 6.45) is 11.4. The summed E-state index contributed by atoms with van der Waals surface area (Å²) in [6.45, 7) is 2.07. The molecule has 0 radical (unpaired) electrons. The van der Waals surface area contributed by atoms with Gasteiger partial charge in [-0.3, -0.25) is 4.98 Å². The lowest BCUT2D eigenvalue weighted by Gasteiger charge is -1.99. The molecular weight excluding hydrogens is 146 g/mol. The summed E-state index contributed by atoms with van der Waals surface area (Å²) in [5, 5.41) is 0. The fraction of sp³-hybridized carbons (Fsp3) is 0.182. The lowest BCUT2D eigenvalue weighted by molar-refractivity contribution is 1.23. The number of allylic oxidation sites excluding steroid dienone is 2. The van der Waals surface area contributed by atoms with Gasteiger partial charge in [-0.1, -0.05) is 18.2 Å². The largest absolute Gasteiger partial charge is 0.256 e. The molecule has 1 aromatic heterocycles. The van der Waals surface area contributed by atoms with E-state index < -0.39 is 0 Å². The molecule has 0 bridgehead atoms. The molecule has 0 aromatic carbocycles. The molecule has 0 unspecified atom stereocenters. The van der Waals surface area contributed by atoms with Gasteiger partial charge in [-0.15, -0.1) is 0 Å². The van der Waals surface area contributed by atoms with Crippen LogP contribution in [0.25, 0.3) is 12.2 Å². The Labute approximate surface area is 72.5 Å². The van der Waals surface area contributed by atoms with Crippen LogP contribution in [0, 0.1) is 6.92 Å². The molecule has 0 atom stereocenters. The summed E-state index contributed by atoms with van der Waals surface area (Å²) in [4.78, 5) is 4.34. The van der Waals surface area contributed by atoms with Crippen molar-refractivity contribution >= 4 is 12.2 Å². The highest BCUT2D eigenvalue weighted by Gasteiger charge is 1.99. The van der Waals surface area contributed by atoms with Crippen molar-refractivity contribution < 1.29 is 0 Å². The Kier molecular flexibility index (Phi) is 1.78. The number of nitrogens with zero attached hydrogens (tertiary/aromatic N) is 1. The molecule has 1 aliphatic carbocycles. The molecule has 1 nitrogen and oxygen atoms in total. The molecule has 1 aliphatic rings. The molecule has 0 saturated carbocycles. The molecule has 0 spiro atoms. The van der Waals surface area contributed by atoms with Gasteiger partial charge in [0, 0.05) is 11.8 Å². The van der Waals surface area contributed by atoms with E-state index in [4.69, 9.17) is 0 Å². The predicted octanol–water partition coefficient (Wildman–Crippen LogP) is 2.82. The number of aryl methyl sites for hydroxylation is 1. The molecule has 1 heteroatoms. The molecule has 0 saturated heterocycles. The van der Waals surface area contributed by atoms with E-state index >= 15 is 0 Å². The summed E-state index contributed by atoms with van der Waals surface area (Å²) in [5.41, 5.74) is 3.52. The van der Waals surface area contributed by atoms with Gasteiger partial charge in [0.2, 0.25) is 0 Å². The van der Waals surface area contributed by atoms with Gasteiger partial charge in [-0.25, -0.2) is 0 Å². The fourth-order valence-corrected chi connectivity index (χ4v) is 1.33. The zero-order valence-corrected chi connectivity index (χ0v) is 7.12. The van der Waals surface area contributed by atoms with Gasteiger partial charge in [-0.05, 0) is 31.1 Å². The van der Waals surface area contributed by atoms with Gasteiger partial charge in [0.05, 0.1) is 5.69 Å². The summed E-state index contributed by atoms with van der Waals surface area (Å²) in [7, 11) is 0. The van der Waals surface area contributed by atoms with Crippen LogP contribution in [0.4, 0.5) is 0 Å². The van der Waals surface area contributed by atoms with E-state index in [1.54, 1.807) is 0 Å². The first-order valence-corrected chi connectivity index (χ1v) is 4.16. The summed E-state index contributed by atoms with van der Waals surface area (Å²) < 4.78 is 0. The zero-order valence-electron chi connectivity index (χ0n) is 7.12. The Bertz CT molecular complexity index is 348. The second-order valence-corrected chi connectivity index (χ2v) is 3.03. The Morgan fingerprint density at radius 2 is 2.08 bits per heavy atom.